The first-order valence-corrected chi connectivity index (χ1v) is 9.62. The Morgan fingerprint density at radius 2 is 1.12 bits per heavy atom. The van der Waals surface area contributed by atoms with Crippen LogP contribution in [0.1, 0.15) is 81.1 Å². The molecule has 5 radical (unpaired) electrons. The molecule has 1 saturated carbocycles. The number of hydrogen-bond donors (Lipinski definition) is 0. The van der Waals surface area contributed by atoms with Gasteiger partial charge < -0.3 is 15.2 Å². The van der Waals surface area contributed by atoms with Crippen molar-refractivity contribution in [3.63, 3.8) is 0 Å². The van der Waals surface area contributed by atoms with E-state index in [1.54, 1.807) is 0 Å². The summed E-state index contributed by atoms with van der Waals surface area (Å²) in [6.07, 6.45) is 14.0. The molecule has 0 aliphatic heterocycles. The third-order valence-electron chi connectivity index (χ3n) is 3.42. The van der Waals surface area contributed by atoms with Crippen molar-refractivity contribution in [3.05, 3.63) is 31.0 Å². The maximum Gasteiger partial charge on any atom is 0.0101 e. The van der Waals surface area contributed by atoms with Gasteiger partial charge in [0.25, 0.3) is 0 Å². The molecule has 3 nitrogen and oxygen atoms in total. The Morgan fingerprint density at radius 3 is 1.36 bits per heavy atom. The molecule has 0 amide bonds. The first kappa shape index (κ1) is 27.1. The van der Waals surface area contributed by atoms with Gasteiger partial charge in [0.05, 0.1) is 0 Å². The van der Waals surface area contributed by atoms with Crippen LogP contribution in [0.5, 0.6) is 0 Å². The van der Waals surface area contributed by atoms with Crippen LogP contribution in [-0.2, 0) is 20.1 Å². The zero-order chi connectivity index (χ0) is 18.5. The van der Waals surface area contributed by atoms with Crippen molar-refractivity contribution < 1.29 is 20.1 Å². The normalized spacial score (nSPS) is 16.1. The summed E-state index contributed by atoms with van der Waals surface area (Å²) in [5, 5.41) is 4.64. The number of aliphatic imine (C=N–C) groups is 1. The Labute approximate surface area is 172 Å². The van der Waals surface area contributed by atoms with E-state index in [1.807, 2.05) is 0 Å². The van der Waals surface area contributed by atoms with Gasteiger partial charge in [-0.15, -0.1) is 0 Å². The predicted molar refractivity (Wildman–Crippen MR) is 109 cm³/mol. The van der Waals surface area contributed by atoms with Crippen LogP contribution in [0, 0.1) is 25.7 Å². The van der Waals surface area contributed by atoms with Gasteiger partial charge in [0.2, 0.25) is 0 Å². The average molecular weight is 527 g/mol. The van der Waals surface area contributed by atoms with Crippen LogP contribution in [0.4, 0.5) is 0 Å². The monoisotopic (exact) mass is 527 g/mol. The van der Waals surface area contributed by atoms with E-state index in [-0.39, 0.29) is 32.2 Å². The fourth-order valence-corrected chi connectivity index (χ4v) is 2.54. The molecule has 0 spiro atoms. The Hall–Kier alpha value is -0.0806. The van der Waals surface area contributed by atoms with Crippen LogP contribution < -0.4 is 0 Å². The van der Waals surface area contributed by atoms with Gasteiger partial charge in [0.1, 0.15) is 0 Å². The van der Waals surface area contributed by atoms with E-state index in [4.69, 9.17) is 0 Å². The Balaban J connectivity index is 0. The van der Waals surface area contributed by atoms with Gasteiger partial charge >= 0.3 is 0 Å². The van der Waals surface area contributed by atoms with Crippen molar-refractivity contribution in [1.29, 1.82) is 0 Å². The topological polar surface area (TPSA) is 29.7 Å². The van der Waals surface area contributed by atoms with E-state index in [0.717, 1.165) is 5.96 Å². The summed E-state index contributed by atoms with van der Waals surface area (Å²) in [4.78, 5) is 6.91. The summed E-state index contributed by atoms with van der Waals surface area (Å²) in [6.45, 7) is 17.1. The molecule has 0 aromatic carbocycles. The van der Waals surface area contributed by atoms with E-state index in [1.165, 1.54) is 25.7 Å². The molecule has 0 atom stereocenters. The Bertz CT molecular complexity index is 293. The van der Waals surface area contributed by atoms with Crippen LogP contribution in [-0.4, -0.2) is 35.0 Å². The van der Waals surface area contributed by atoms with Gasteiger partial charge in [0, 0.05) is 26.1 Å². The summed E-state index contributed by atoms with van der Waals surface area (Å²) in [5.74, 6) is 0.898. The second-order valence-corrected chi connectivity index (χ2v) is 7.44. The zero-order valence-corrected chi connectivity index (χ0v) is 20.0. The molecule has 4 heteroatoms. The number of guanidine groups is 1. The minimum atomic E-state index is 0. The first-order chi connectivity index (χ1) is 11.3. The first-order valence-electron chi connectivity index (χ1n) is 9.62. The molecule has 0 saturated heterocycles. The maximum atomic E-state index is 4.64. The van der Waals surface area contributed by atoms with Crippen molar-refractivity contribution in [2.75, 3.05) is 0 Å². The summed E-state index contributed by atoms with van der Waals surface area (Å²) >= 11 is 0. The molecule has 0 aromatic rings. The quantitative estimate of drug-likeness (QED) is 0.325. The zero-order valence-electron chi connectivity index (χ0n) is 17.6. The van der Waals surface area contributed by atoms with Gasteiger partial charge in [0.15, 0.2) is 0 Å². The smallest absolute Gasteiger partial charge is 0.0101 e. The summed E-state index contributed by atoms with van der Waals surface area (Å²) in [7, 11) is 0. The van der Waals surface area contributed by atoms with Crippen LogP contribution >= 0.6 is 0 Å². The maximum absolute atomic E-state index is 4.64. The standard InChI is InChI=1S/C13H28N3.C8H12.Ir/c1-9(2)14-13(15-10(3)4)16(11(5)6)12(7)8;1-2-4-6-8-7-5-3-1;/h9-12H,1-8H3;1-2,7-8H,3-6H2;/q-1;;. The fraction of sp³-hybridized carbons (Fsp3) is 0.762. The Morgan fingerprint density at radius 1 is 0.760 bits per heavy atom. The van der Waals surface area contributed by atoms with Crippen molar-refractivity contribution in [2.24, 2.45) is 4.99 Å². The molecule has 149 valence electrons. The van der Waals surface area contributed by atoms with Crippen LogP contribution in [0.25, 0.3) is 5.32 Å². The van der Waals surface area contributed by atoms with Crippen molar-refractivity contribution in [3.8, 4) is 0 Å². The van der Waals surface area contributed by atoms with Crippen LogP contribution in [0.3, 0.4) is 0 Å². The molecule has 0 unspecified atom stereocenters. The Kier molecular flexibility index (Phi) is 17.5. The molecule has 0 N–H and O–H groups in total. The molecule has 0 bridgehead atoms. The van der Waals surface area contributed by atoms with Gasteiger partial charge in [-0.1, -0.05) is 55.4 Å². The largest absolute Gasteiger partial charge is 0.421 e. The molecule has 1 rings (SSSR count). The number of rotatable bonds is 4. The second-order valence-electron chi connectivity index (χ2n) is 7.44. The van der Waals surface area contributed by atoms with Gasteiger partial charge in [-0.05, 0) is 75.5 Å². The average Bonchev–Trinajstić information content (AvgIpc) is 2.35. The van der Waals surface area contributed by atoms with E-state index in [9.17, 15) is 0 Å². The molecular weight excluding hydrogens is 486 g/mol. The predicted octanol–water partition coefficient (Wildman–Crippen LogP) is 6.03. The van der Waals surface area contributed by atoms with E-state index in [0.29, 0.717) is 12.1 Å². The van der Waals surface area contributed by atoms with Crippen molar-refractivity contribution >= 4 is 5.96 Å². The van der Waals surface area contributed by atoms with E-state index < -0.39 is 0 Å². The van der Waals surface area contributed by atoms with Crippen molar-refractivity contribution in [2.45, 2.75) is 105 Å². The molecule has 0 heterocycles. The molecule has 25 heavy (non-hydrogen) atoms. The van der Waals surface area contributed by atoms with E-state index >= 15 is 0 Å². The van der Waals surface area contributed by atoms with E-state index in [2.05, 4.69) is 96.3 Å². The summed E-state index contributed by atoms with van der Waals surface area (Å²) in [6, 6.07) is 1.44. The summed E-state index contributed by atoms with van der Waals surface area (Å²) < 4.78 is 0. The minimum Gasteiger partial charge on any atom is -0.421 e. The number of nitrogens with zero attached hydrogens (tertiary/aromatic N) is 3. The minimum absolute atomic E-state index is 0. The number of hydrogen-bond acceptors (Lipinski definition) is 1. The SMILES string of the molecule is CC(C)N=C([N-]C(C)C)N(C(C)C)C(C)C.[CH]1[CH]CC[CH][CH]CC1.[Ir]. The van der Waals surface area contributed by atoms with Crippen LogP contribution in [0.2, 0.25) is 0 Å². The van der Waals surface area contributed by atoms with Crippen LogP contribution in [0.15, 0.2) is 4.99 Å². The molecular formula is C21H40IrN3-. The third kappa shape index (κ3) is 14.7. The third-order valence-corrected chi connectivity index (χ3v) is 3.42. The van der Waals surface area contributed by atoms with Gasteiger partial charge in [-0.25, -0.2) is 0 Å². The van der Waals surface area contributed by atoms with Crippen molar-refractivity contribution in [1.82, 2.24) is 4.90 Å². The molecule has 1 aliphatic rings. The fourth-order valence-electron chi connectivity index (χ4n) is 2.54. The molecule has 1 fully saturated rings. The second kappa shape index (κ2) is 16.1. The summed E-state index contributed by atoms with van der Waals surface area (Å²) in [5.41, 5.74) is 0. The van der Waals surface area contributed by atoms with Gasteiger partial charge in [-0.3, -0.25) is 0 Å². The van der Waals surface area contributed by atoms with Gasteiger partial charge in [-0.2, -0.15) is 0 Å². The molecule has 1 aliphatic carbocycles. The molecule has 0 aromatic heterocycles.